The fraction of sp³-hybridized carbons (Fsp3) is 0.308. The highest BCUT2D eigenvalue weighted by Crippen LogP contribution is 2.07. The minimum absolute atomic E-state index is 0.971. The van der Waals surface area contributed by atoms with Crippen molar-refractivity contribution in [3.8, 4) is 5.82 Å². The van der Waals surface area contributed by atoms with Crippen molar-refractivity contribution in [1.29, 1.82) is 0 Å². The molecule has 0 bridgehead atoms. The van der Waals surface area contributed by atoms with Gasteiger partial charge >= 0.3 is 0 Å². The Bertz CT molecular complexity index is 399. The third kappa shape index (κ3) is 2.94. The first-order valence-electron chi connectivity index (χ1n) is 5.33. The molecule has 0 aromatic carbocycles. The summed E-state index contributed by atoms with van der Waals surface area (Å²) in [7, 11) is 0. The van der Waals surface area contributed by atoms with Crippen molar-refractivity contribution in [3.05, 3.63) is 47.9 Å². The number of pyridine rings is 1. The molecular weight excluding hydrogens is 184 g/mol. The third-order valence-corrected chi connectivity index (χ3v) is 2.00. The molecule has 0 saturated carbocycles. The van der Waals surface area contributed by atoms with Crippen LogP contribution in [-0.2, 0) is 0 Å². The Kier molecular flexibility index (Phi) is 4.10. The Morgan fingerprint density at radius 1 is 1.00 bits per heavy atom. The molecule has 2 heteroatoms. The molecule has 2 heterocycles. The lowest BCUT2D eigenvalue weighted by atomic mass is 10.3. The minimum atomic E-state index is 0.971. The Balaban J connectivity index is 0.000000531. The molecule has 0 atom stereocenters. The summed E-state index contributed by atoms with van der Waals surface area (Å²) in [4.78, 5) is 4.32. The van der Waals surface area contributed by atoms with Gasteiger partial charge in [-0.05, 0) is 37.1 Å². The summed E-state index contributed by atoms with van der Waals surface area (Å²) in [5.41, 5.74) is 2.44. The van der Waals surface area contributed by atoms with Crippen molar-refractivity contribution in [3.63, 3.8) is 0 Å². The molecule has 2 aromatic heterocycles. The molecule has 0 spiro atoms. The predicted molar refractivity (Wildman–Crippen MR) is 64.4 cm³/mol. The maximum atomic E-state index is 4.32. The molecule has 0 fully saturated rings. The quantitative estimate of drug-likeness (QED) is 0.692. The van der Waals surface area contributed by atoms with Crippen LogP contribution in [0.3, 0.4) is 0 Å². The standard InChI is InChI=1S/C11H12N2.C2H6/c1-9-3-4-11(12-7-9)13-6-5-10(2)8-13;1-2/h3-8H,1-2H3;1-2H3. The summed E-state index contributed by atoms with van der Waals surface area (Å²) in [6.45, 7) is 8.11. The van der Waals surface area contributed by atoms with Gasteiger partial charge in [0, 0.05) is 18.6 Å². The van der Waals surface area contributed by atoms with E-state index in [2.05, 4.69) is 30.2 Å². The van der Waals surface area contributed by atoms with Crippen LogP contribution in [0, 0.1) is 13.8 Å². The van der Waals surface area contributed by atoms with Gasteiger partial charge in [0.1, 0.15) is 5.82 Å². The Hall–Kier alpha value is -1.57. The molecule has 0 aliphatic heterocycles. The summed E-state index contributed by atoms with van der Waals surface area (Å²) < 4.78 is 2.02. The number of nitrogens with zero attached hydrogens (tertiary/aromatic N) is 2. The van der Waals surface area contributed by atoms with Crippen LogP contribution in [0.1, 0.15) is 25.0 Å². The fourth-order valence-electron chi connectivity index (χ4n) is 1.26. The van der Waals surface area contributed by atoms with E-state index in [1.54, 1.807) is 0 Å². The SMILES string of the molecule is CC.Cc1ccc(-n2ccc(C)c2)nc1. The highest BCUT2D eigenvalue weighted by atomic mass is 15.0. The molecule has 2 nitrogen and oxygen atoms in total. The molecule has 80 valence electrons. The van der Waals surface area contributed by atoms with E-state index in [0.717, 1.165) is 5.82 Å². The van der Waals surface area contributed by atoms with Crippen LogP contribution in [0.4, 0.5) is 0 Å². The normalized spacial score (nSPS) is 9.33. The van der Waals surface area contributed by atoms with Crippen LogP contribution in [0.25, 0.3) is 5.82 Å². The number of hydrogen-bond donors (Lipinski definition) is 0. The van der Waals surface area contributed by atoms with Gasteiger partial charge in [0.15, 0.2) is 0 Å². The highest BCUT2D eigenvalue weighted by Gasteiger charge is 1.96. The first-order chi connectivity index (χ1) is 7.25. The monoisotopic (exact) mass is 202 g/mol. The number of rotatable bonds is 1. The summed E-state index contributed by atoms with van der Waals surface area (Å²) in [6, 6.07) is 6.16. The largest absolute Gasteiger partial charge is 0.308 e. The highest BCUT2D eigenvalue weighted by molar-refractivity contribution is 5.27. The zero-order chi connectivity index (χ0) is 11.3. The smallest absolute Gasteiger partial charge is 0.136 e. The van der Waals surface area contributed by atoms with E-state index >= 15 is 0 Å². The zero-order valence-electron chi connectivity index (χ0n) is 9.86. The van der Waals surface area contributed by atoms with E-state index in [1.807, 2.05) is 43.8 Å². The van der Waals surface area contributed by atoms with Crippen molar-refractivity contribution >= 4 is 0 Å². The van der Waals surface area contributed by atoms with Gasteiger partial charge in [-0.1, -0.05) is 19.9 Å². The van der Waals surface area contributed by atoms with E-state index in [9.17, 15) is 0 Å². The average Bonchev–Trinajstić information content (AvgIpc) is 2.69. The number of aryl methyl sites for hydroxylation is 2. The number of aromatic nitrogens is 2. The lowest BCUT2D eigenvalue weighted by Crippen LogP contribution is -1.93. The van der Waals surface area contributed by atoms with Gasteiger partial charge in [0.05, 0.1) is 0 Å². The van der Waals surface area contributed by atoms with Gasteiger partial charge in [-0.2, -0.15) is 0 Å². The van der Waals surface area contributed by atoms with Gasteiger partial charge in [-0.15, -0.1) is 0 Å². The summed E-state index contributed by atoms with van der Waals surface area (Å²) >= 11 is 0. The van der Waals surface area contributed by atoms with Crippen LogP contribution in [0.15, 0.2) is 36.8 Å². The first kappa shape index (κ1) is 11.5. The maximum absolute atomic E-state index is 4.32. The van der Waals surface area contributed by atoms with Crippen molar-refractivity contribution in [2.45, 2.75) is 27.7 Å². The van der Waals surface area contributed by atoms with Crippen LogP contribution in [-0.4, -0.2) is 9.55 Å². The second-order valence-electron chi connectivity index (χ2n) is 3.29. The molecule has 0 aliphatic rings. The summed E-state index contributed by atoms with van der Waals surface area (Å²) in [5.74, 6) is 0.971. The third-order valence-electron chi connectivity index (χ3n) is 2.00. The van der Waals surface area contributed by atoms with Gasteiger partial charge in [0.2, 0.25) is 0 Å². The molecule has 2 aromatic rings. The topological polar surface area (TPSA) is 17.8 Å². The Morgan fingerprint density at radius 2 is 1.73 bits per heavy atom. The lowest BCUT2D eigenvalue weighted by Gasteiger charge is -2.00. The van der Waals surface area contributed by atoms with Crippen LogP contribution in [0.5, 0.6) is 0 Å². The summed E-state index contributed by atoms with van der Waals surface area (Å²) in [5, 5.41) is 0. The lowest BCUT2D eigenvalue weighted by molar-refractivity contribution is 0.999. The molecule has 0 amide bonds. The molecule has 0 radical (unpaired) electrons. The predicted octanol–water partition coefficient (Wildman–Crippen LogP) is 3.52. The number of hydrogen-bond acceptors (Lipinski definition) is 1. The van der Waals surface area contributed by atoms with Crippen molar-refractivity contribution < 1.29 is 0 Å². The Labute approximate surface area is 91.6 Å². The molecular formula is C13H18N2. The average molecular weight is 202 g/mol. The zero-order valence-corrected chi connectivity index (χ0v) is 9.86. The van der Waals surface area contributed by atoms with E-state index in [4.69, 9.17) is 0 Å². The molecule has 15 heavy (non-hydrogen) atoms. The van der Waals surface area contributed by atoms with Crippen LogP contribution < -0.4 is 0 Å². The molecule has 0 N–H and O–H groups in total. The van der Waals surface area contributed by atoms with E-state index in [0.29, 0.717) is 0 Å². The van der Waals surface area contributed by atoms with Gasteiger partial charge in [-0.25, -0.2) is 4.98 Å². The second kappa shape index (κ2) is 5.35. The van der Waals surface area contributed by atoms with Gasteiger partial charge in [0.25, 0.3) is 0 Å². The van der Waals surface area contributed by atoms with E-state index in [1.165, 1.54) is 11.1 Å². The van der Waals surface area contributed by atoms with Crippen molar-refractivity contribution in [2.75, 3.05) is 0 Å². The molecule has 0 aliphatic carbocycles. The molecule has 2 rings (SSSR count). The maximum Gasteiger partial charge on any atom is 0.136 e. The van der Waals surface area contributed by atoms with Crippen LogP contribution in [0.2, 0.25) is 0 Å². The first-order valence-corrected chi connectivity index (χ1v) is 5.33. The molecule has 0 unspecified atom stereocenters. The van der Waals surface area contributed by atoms with Crippen LogP contribution >= 0.6 is 0 Å². The van der Waals surface area contributed by atoms with E-state index in [-0.39, 0.29) is 0 Å². The van der Waals surface area contributed by atoms with Crippen molar-refractivity contribution in [2.24, 2.45) is 0 Å². The Morgan fingerprint density at radius 3 is 2.20 bits per heavy atom. The van der Waals surface area contributed by atoms with Crippen molar-refractivity contribution in [1.82, 2.24) is 9.55 Å². The van der Waals surface area contributed by atoms with Gasteiger partial charge < -0.3 is 4.57 Å². The summed E-state index contributed by atoms with van der Waals surface area (Å²) in [6.07, 6.45) is 5.97. The minimum Gasteiger partial charge on any atom is -0.308 e. The van der Waals surface area contributed by atoms with E-state index < -0.39 is 0 Å². The second-order valence-corrected chi connectivity index (χ2v) is 3.29. The molecule has 0 saturated heterocycles. The van der Waals surface area contributed by atoms with Gasteiger partial charge in [-0.3, -0.25) is 0 Å². The fourth-order valence-corrected chi connectivity index (χ4v) is 1.26.